The van der Waals surface area contributed by atoms with Gasteiger partial charge in [-0.1, -0.05) is 12.1 Å². The van der Waals surface area contributed by atoms with Gasteiger partial charge < -0.3 is 25.4 Å². The summed E-state index contributed by atoms with van der Waals surface area (Å²) in [4.78, 5) is 20.4. The molecule has 2 aromatic carbocycles. The number of nitrogens with zero attached hydrogens (tertiary/aromatic N) is 2. The van der Waals surface area contributed by atoms with Crippen LogP contribution in [0.15, 0.2) is 42.6 Å². The van der Waals surface area contributed by atoms with Crippen molar-refractivity contribution in [1.82, 2.24) is 20.4 Å². The molecule has 3 aliphatic heterocycles. The van der Waals surface area contributed by atoms with Gasteiger partial charge in [-0.2, -0.15) is 18.2 Å². The molecular weight excluding hydrogens is 532 g/mol. The van der Waals surface area contributed by atoms with Gasteiger partial charge in [-0.3, -0.25) is 4.79 Å². The van der Waals surface area contributed by atoms with E-state index in [0.717, 1.165) is 19.0 Å². The summed E-state index contributed by atoms with van der Waals surface area (Å²) in [6.45, 7) is 1.69. The van der Waals surface area contributed by atoms with Gasteiger partial charge in [-0.25, -0.2) is 4.98 Å². The zero-order valence-electron chi connectivity index (χ0n) is 21.4. The van der Waals surface area contributed by atoms with Gasteiger partial charge in [0.2, 0.25) is 5.95 Å². The first-order valence-electron chi connectivity index (χ1n) is 12.4. The van der Waals surface area contributed by atoms with Crippen LogP contribution in [0, 0.1) is 6.92 Å². The van der Waals surface area contributed by atoms with Gasteiger partial charge in [0, 0.05) is 32.2 Å². The van der Waals surface area contributed by atoms with E-state index in [0.29, 0.717) is 34.7 Å². The number of ether oxygens (including phenoxy) is 2. The highest BCUT2D eigenvalue weighted by molar-refractivity contribution is 7.89. The third-order valence-electron chi connectivity index (χ3n) is 7.58. The van der Waals surface area contributed by atoms with Crippen molar-refractivity contribution in [3.63, 3.8) is 0 Å². The quantitative estimate of drug-likeness (QED) is 0.214. The minimum absolute atomic E-state index is 0.0577. The number of amides is 1. The Balaban J connectivity index is 1.29. The Morgan fingerprint density at radius 2 is 2.05 bits per heavy atom. The molecule has 0 bridgehead atoms. The number of carbonyl (C=O) groups is 1. The van der Waals surface area contributed by atoms with Crippen molar-refractivity contribution in [3.8, 4) is 11.5 Å². The molecule has 0 aliphatic carbocycles. The standard InChI is InChI=1S/C26H26F3N6O3P/c1-14-5-4-6-16(23(36)30-2)21(14)33-22-17(26(27,28)29)12-31-24(34-22)32-18-8-7-15(11-19(18)37-3)38-25-10-9-20-35-39(20,25)13-25/h4-8,11-12,20,35H,9-10,13H2,1-3H3,(H2-,30,31,32,33,34,36)/p+1. The molecule has 1 aromatic heterocycles. The molecule has 3 fully saturated rings. The summed E-state index contributed by atoms with van der Waals surface area (Å²) in [7, 11) is 1.86. The van der Waals surface area contributed by atoms with Gasteiger partial charge in [0.15, 0.2) is 19.4 Å². The fourth-order valence-electron chi connectivity index (χ4n) is 5.43. The summed E-state index contributed by atoms with van der Waals surface area (Å²) in [5, 5.41) is 11.7. The van der Waals surface area contributed by atoms with Crippen molar-refractivity contribution in [2.24, 2.45) is 0 Å². The number of para-hydroxylation sites is 1. The van der Waals surface area contributed by atoms with Gasteiger partial charge in [0.25, 0.3) is 11.2 Å². The third-order valence-corrected chi connectivity index (χ3v) is 12.1. The van der Waals surface area contributed by atoms with Crippen LogP contribution in [-0.2, 0) is 6.18 Å². The average molecular weight is 560 g/mol. The lowest BCUT2D eigenvalue weighted by Crippen LogP contribution is -2.20. The lowest BCUT2D eigenvalue weighted by Gasteiger charge is -2.18. The minimum Gasteiger partial charge on any atom is -0.494 e. The van der Waals surface area contributed by atoms with Crippen molar-refractivity contribution in [2.45, 2.75) is 37.1 Å². The van der Waals surface area contributed by atoms with Gasteiger partial charge in [-0.15, -0.1) is 5.09 Å². The maximum Gasteiger partial charge on any atom is 0.421 e. The molecule has 9 nitrogen and oxygen atoms in total. The van der Waals surface area contributed by atoms with E-state index in [1.807, 2.05) is 0 Å². The minimum atomic E-state index is -4.73. The topological polar surface area (TPSA) is 119 Å². The van der Waals surface area contributed by atoms with E-state index in [1.165, 1.54) is 20.2 Å². The molecule has 39 heavy (non-hydrogen) atoms. The summed E-state index contributed by atoms with van der Waals surface area (Å²) >= 11 is 0. The number of aryl methyl sites for hydroxylation is 1. The van der Waals surface area contributed by atoms with Gasteiger partial charge in [-0.05, 0) is 30.7 Å². The van der Waals surface area contributed by atoms with E-state index in [1.54, 1.807) is 37.3 Å². The molecule has 3 saturated heterocycles. The fraction of sp³-hybridized carbons (Fsp3) is 0.346. The Kier molecular flexibility index (Phi) is 5.89. The van der Waals surface area contributed by atoms with Crippen molar-refractivity contribution >= 4 is 36.5 Å². The maximum absolute atomic E-state index is 13.9. The largest absolute Gasteiger partial charge is 0.494 e. The van der Waals surface area contributed by atoms with E-state index in [4.69, 9.17) is 9.47 Å². The Bertz CT molecular complexity index is 1480. The van der Waals surface area contributed by atoms with Crippen LogP contribution in [0.25, 0.3) is 0 Å². The van der Waals surface area contributed by atoms with Crippen LogP contribution in [0.4, 0.5) is 36.3 Å². The zero-order valence-corrected chi connectivity index (χ0v) is 22.3. The van der Waals surface area contributed by atoms with Crippen LogP contribution in [0.3, 0.4) is 0 Å². The van der Waals surface area contributed by atoms with Gasteiger partial charge in [0.05, 0.1) is 24.0 Å². The van der Waals surface area contributed by atoms with Gasteiger partial charge in [0.1, 0.15) is 22.9 Å². The van der Waals surface area contributed by atoms with Crippen molar-refractivity contribution in [2.75, 3.05) is 31.0 Å². The van der Waals surface area contributed by atoms with E-state index in [2.05, 4.69) is 31.0 Å². The number of aromatic nitrogens is 2. The van der Waals surface area contributed by atoms with Crippen molar-refractivity contribution < 1.29 is 27.4 Å². The Morgan fingerprint density at radius 3 is 2.69 bits per heavy atom. The lowest BCUT2D eigenvalue weighted by molar-refractivity contribution is -0.137. The van der Waals surface area contributed by atoms with Crippen molar-refractivity contribution in [3.05, 3.63) is 59.3 Å². The van der Waals surface area contributed by atoms with Crippen LogP contribution >= 0.6 is 7.41 Å². The molecule has 3 aromatic rings. The first kappa shape index (κ1) is 25.6. The third kappa shape index (κ3) is 4.31. The average Bonchev–Trinajstić information content (AvgIpc) is 3.77. The number of anilines is 4. The number of carbonyl (C=O) groups excluding carboxylic acids is 1. The highest BCUT2D eigenvalue weighted by Crippen LogP contribution is 2.99. The molecule has 0 radical (unpaired) electrons. The Hall–Kier alpha value is -3.63. The summed E-state index contributed by atoms with van der Waals surface area (Å²) in [6, 6.07) is 10.1. The van der Waals surface area contributed by atoms with E-state index >= 15 is 0 Å². The normalized spacial score (nSPS) is 24.3. The molecule has 0 saturated carbocycles. The van der Waals surface area contributed by atoms with Crippen LogP contribution in [0.2, 0.25) is 0 Å². The Morgan fingerprint density at radius 1 is 1.23 bits per heavy atom. The molecule has 6 rings (SSSR count). The number of hydrogen-bond acceptors (Lipinski definition) is 8. The first-order chi connectivity index (χ1) is 18.6. The molecule has 204 valence electrons. The molecule has 1 amide bonds. The molecule has 4 heterocycles. The number of hydrogen-bond donors (Lipinski definition) is 4. The summed E-state index contributed by atoms with van der Waals surface area (Å²) < 4.78 is 53.6. The molecule has 3 aliphatic rings. The molecule has 3 unspecified atom stereocenters. The summed E-state index contributed by atoms with van der Waals surface area (Å²) in [6.07, 6.45) is -0.720. The van der Waals surface area contributed by atoms with Crippen LogP contribution < -0.4 is 30.5 Å². The van der Waals surface area contributed by atoms with Crippen LogP contribution in [0.5, 0.6) is 11.5 Å². The van der Waals surface area contributed by atoms with Crippen molar-refractivity contribution in [1.29, 1.82) is 0 Å². The number of methoxy groups -OCH3 is 1. The SMILES string of the molecule is CNC(=O)c1cccc(C)c1Nc1nc(Nc2ccc(OC34CCC5N[P+]53C4)cc2OC)ncc1C(F)(F)F. The number of halogens is 3. The first-order valence-corrected chi connectivity index (χ1v) is 14.5. The lowest BCUT2D eigenvalue weighted by atomic mass is 10.1. The number of benzene rings is 2. The summed E-state index contributed by atoms with van der Waals surface area (Å²) in [5.74, 6) is 0.757. The second-order valence-corrected chi connectivity index (χ2v) is 13.7. The smallest absolute Gasteiger partial charge is 0.421 e. The molecule has 4 N–H and O–H groups in total. The monoisotopic (exact) mass is 559 g/mol. The highest BCUT2D eigenvalue weighted by atomic mass is 31.2. The van der Waals surface area contributed by atoms with E-state index < -0.39 is 30.9 Å². The summed E-state index contributed by atoms with van der Waals surface area (Å²) in [5.41, 5.74) is 0.364. The zero-order chi connectivity index (χ0) is 27.6. The molecular formula is C26H27F3N6O3P+. The predicted octanol–water partition coefficient (Wildman–Crippen LogP) is 5.40. The highest BCUT2D eigenvalue weighted by Gasteiger charge is 2.97. The molecule has 13 heteroatoms. The van der Waals surface area contributed by atoms with Crippen LogP contribution in [-0.4, -0.2) is 47.3 Å². The predicted molar refractivity (Wildman–Crippen MR) is 142 cm³/mol. The number of rotatable bonds is 8. The number of alkyl halides is 3. The van der Waals surface area contributed by atoms with Crippen LogP contribution in [0.1, 0.15) is 34.3 Å². The number of nitrogens with one attached hydrogen (secondary N) is 4. The Labute approximate surface area is 223 Å². The fourth-order valence-corrected chi connectivity index (χ4v) is 10.3. The van der Waals surface area contributed by atoms with Gasteiger partial charge >= 0.3 is 6.18 Å². The second-order valence-electron chi connectivity index (χ2n) is 9.90. The second kappa shape index (κ2) is 8.96. The van der Waals surface area contributed by atoms with E-state index in [9.17, 15) is 18.0 Å². The molecule has 3 atom stereocenters. The van der Waals surface area contributed by atoms with E-state index in [-0.39, 0.29) is 22.5 Å². The molecule has 1 spiro atoms. The maximum atomic E-state index is 13.9.